The molecule has 1 aliphatic carbocycles. The summed E-state index contributed by atoms with van der Waals surface area (Å²) < 4.78 is 5.79. The number of thiophene rings is 1. The van der Waals surface area contributed by atoms with Gasteiger partial charge < -0.3 is 15.4 Å². The van der Waals surface area contributed by atoms with E-state index < -0.39 is 5.91 Å². The highest BCUT2D eigenvalue weighted by molar-refractivity contribution is 7.21. The molecule has 190 valence electrons. The Hall–Kier alpha value is -4.05. The second-order valence-electron chi connectivity index (χ2n) is 9.26. The van der Waals surface area contributed by atoms with E-state index in [1.807, 2.05) is 39.0 Å². The Balaban J connectivity index is 1.53. The number of hydrogen-bond acceptors (Lipinski definition) is 6. The number of carbonyl (C=O) groups excluding carboxylic acids is 3. The van der Waals surface area contributed by atoms with Gasteiger partial charge in [-0.1, -0.05) is 6.58 Å². The van der Waals surface area contributed by atoms with Crippen molar-refractivity contribution in [1.82, 2.24) is 10.3 Å². The molecule has 0 bridgehead atoms. The molecule has 10 heteroatoms. The molecule has 4 amide bonds. The number of aromatic nitrogens is 1. The third kappa shape index (κ3) is 4.60. The number of urea groups is 1. The fraction of sp³-hybridized carbons (Fsp3) is 0.296. The Kier molecular flexibility index (Phi) is 6.51. The molecule has 9 nitrogen and oxygen atoms in total. The summed E-state index contributed by atoms with van der Waals surface area (Å²) in [5.74, 6) is -0.0330. The molecule has 1 aliphatic heterocycles. The monoisotopic (exact) mass is 517 g/mol. The summed E-state index contributed by atoms with van der Waals surface area (Å²) in [5, 5.41) is 6.43. The number of pyridine rings is 1. The van der Waals surface area contributed by atoms with Gasteiger partial charge in [-0.15, -0.1) is 11.3 Å². The molecular weight excluding hydrogens is 490 g/mol. The molecule has 0 unspecified atom stereocenters. The second-order valence-corrected chi connectivity index (χ2v) is 10.3. The van der Waals surface area contributed by atoms with E-state index in [1.54, 1.807) is 17.2 Å². The van der Waals surface area contributed by atoms with Crippen molar-refractivity contribution in [1.29, 1.82) is 0 Å². The van der Waals surface area contributed by atoms with E-state index in [1.165, 1.54) is 17.4 Å². The fourth-order valence-corrected chi connectivity index (χ4v) is 5.73. The number of rotatable bonds is 6. The first-order valence-electron chi connectivity index (χ1n) is 12.1. The highest BCUT2D eigenvalue weighted by Crippen LogP contribution is 2.46. The zero-order chi connectivity index (χ0) is 26.3. The SMILES string of the molecule is C=CC(=O)N[C@@H]1CCCC1=NC(=O)c1sc2nccc3c2c1NC(=O)N3c1ccc(OC(C)C)cc1C. The van der Waals surface area contributed by atoms with Gasteiger partial charge in [0.15, 0.2) is 0 Å². The first-order chi connectivity index (χ1) is 17.8. The Morgan fingerprint density at radius 1 is 1.32 bits per heavy atom. The summed E-state index contributed by atoms with van der Waals surface area (Å²) in [5.41, 5.74) is 3.26. The largest absolute Gasteiger partial charge is 0.491 e. The Morgan fingerprint density at radius 2 is 2.14 bits per heavy atom. The molecule has 1 saturated carbocycles. The molecule has 1 atom stereocenters. The number of hydrogen-bond donors (Lipinski definition) is 2. The predicted molar refractivity (Wildman–Crippen MR) is 145 cm³/mol. The van der Waals surface area contributed by atoms with Crippen LogP contribution in [0, 0.1) is 6.92 Å². The van der Waals surface area contributed by atoms with Crippen LogP contribution in [0.25, 0.3) is 10.2 Å². The number of benzene rings is 1. The quantitative estimate of drug-likeness (QED) is 0.419. The lowest BCUT2D eigenvalue weighted by atomic mass is 10.1. The highest BCUT2D eigenvalue weighted by Gasteiger charge is 2.34. The second kappa shape index (κ2) is 9.78. The van der Waals surface area contributed by atoms with Crippen molar-refractivity contribution < 1.29 is 19.1 Å². The van der Waals surface area contributed by atoms with Crippen molar-refractivity contribution in [3.05, 3.63) is 53.6 Å². The van der Waals surface area contributed by atoms with Gasteiger partial charge in [0, 0.05) is 11.9 Å². The van der Waals surface area contributed by atoms with Gasteiger partial charge in [0.2, 0.25) is 5.91 Å². The maximum atomic E-state index is 13.4. The van der Waals surface area contributed by atoms with Crippen LogP contribution >= 0.6 is 11.3 Å². The van der Waals surface area contributed by atoms with Gasteiger partial charge in [0.05, 0.1) is 34.6 Å². The normalized spacial score (nSPS) is 17.8. The summed E-state index contributed by atoms with van der Waals surface area (Å²) in [6.45, 7) is 9.32. The van der Waals surface area contributed by atoms with E-state index in [-0.39, 0.29) is 24.1 Å². The minimum absolute atomic E-state index is 0.0361. The standard InChI is InChI=1S/C27H27N5O4S/c1-5-21(33)29-17-7-6-8-18(17)30-25(34)24-23-22-20(11-12-28-26(22)37-24)32(27(35)31-23)19-10-9-16(13-15(19)4)36-14(2)3/h5,9-14,17H,1,6-8H2,2-4H3,(H,29,33)(H,31,35)/t17-/m1/s1. The summed E-state index contributed by atoms with van der Waals surface area (Å²) in [7, 11) is 0. The summed E-state index contributed by atoms with van der Waals surface area (Å²) in [4.78, 5) is 49.8. The fourth-order valence-electron chi connectivity index (χ4n) is 4.73. The number of nitrogens with one attached hydrogen (secondary N) is 2. The van der Waals surface area contributed by atoms with E-state index >= 15 is 0 Å². The first-order valence-corrected chi connectivity index (χ1v) is 12.9. The average molecular weight is 518 g/mol. The summed E-state index contributed by atoms with van der Waals surface area (Å²) in [6, 6.07) is 6.69. The van der Waals surface area contributed by atoms with Crippen LogP contribution in [0.3, 0.4) is 0 Å². The van der Waals surface area contributed by atoms with Crippen LogP contribution in [0.4, 0.5) is 21.9 Å². The van der Waals surface area contributed by atoms with Crippen LogP contribution in [0.2, 0.25) is 0 Å². The van der Waals surface area contributed by atoms with Crippen molar-refractivity contribution in [3.63, 3.8) is 0 Å². The lowest BCUT2D eigenvalue weighted by Gasteiger charge is -2.29. The number of aryl methyl sites for hydroxylation is 1. The molecule has 37 heavy (non-hydrogen) atoms. The molecule has 1 aromatic carbocycles. The highest BCUT2D eigenvalue weighted by atomic mass is 32.1. The third-order valence-electron chi connectivity index (χ3n) is 6.30. The van der Waals surface area contributed by atoms with Gasteiger partial charge in [-0.3, -0.25) is 14.5 Å². The number of ether oxygens (including phenoxy) is 1. The van der Waals surface area contributed by atoms with Crippen molar-refractivity contribution in [2.24, 2.45) is 4.99 Å². The third-order valence-corrected chi connectivity index (χ3v) is 7.38. The van der Waals surface area contributed by atoms with E-state index in [2.05, 4.69) is 27.2 Å². The number of carbonyl (C=O) groups is 3. The minimum Gasteiger partial charge on any atom is -0.491 e. The lowest BCUT2D eigenvalue weighted by Crippen LogP contribution is -2.37. The minimum atomic E-state index is -0.459. The maximum absolute atomic E-state index is 13.4. The number of aliphatic imine (C=N–C) groups is 1. The zero-order valence-corrected chi connectivity index (χ0v) is 21.6. The lowest BCUT2D eigenvalue weighted by molar-refractivity contribution is -0.116. The Morgan fingerprint density at radius 3 is 2.86 bits per heavy atom. The molecule has 2 aliphatic rings. The van der Waals surface area contributed by atoms with Crippen LogP contribution in [0.1, 0.15) is 48.3 Å². The molecule has 2 aromatic heterocycles. The van der Waals surface area contributed by atoms with Gasteiger partial charge in [0.1, 0.15) is 15.5 Å². The van der Waals surface area contributed by atoms with Crippen LogP contribution in [0.5, 0.6) is 5.75 Å². The molecule has 5 rings (SSSR count). The van der Waals surface area contributed by atoms with Crippen LogP contribution in [0.15, 0.2) is 48.1 Å². The molecular formula is C27H27N5O4S. The molecule has 3 heterocycles. The van der Waals surface area contributed by atoms with Gasteiger partial charge in [-0.25, -0.2) is 14.8 Å². The van der Waals surface area contributed by atoms with Crippen molar-refractivity contribution >= 4 is 62.2 Å². The molecule has 0 radical (unpaired) electrons. The van der Waals surface area contributed by atoms with Gasteiger partial charge >= 0.3 is 6.03 Å². The van der Waals surface area contributed by atoms with Gasteiger partial charge in [-0.2, -0.15) is 0 Å². The van der Waals surface area contributed by atoms with E-state index in [0.717, 1.165) is 17.7 Å². The van der Waals surface area contributed by atoms with Crippen LogP contribution < -0.4 is 20.3 Å². The van der Waals surface area contributed by atoms with Gasteiger partial charge in [-0.05, 0) is 75.9 Å². The van der Waals surface area contributed by atoms with Crippen LogP contribution in [-0.4, -0.2) is 40.7 Å². The van der Waals surface area contributed by atoms with E-state index in [4.69, 9.17) is 4.74 Å². The smallest absolute Gasteiger partial charge is 0.331 e. The summed E-state index contributed by atoms with van der Waals surface area (Å²) >= 11 is 1.19. The molecule has 2 N–H and O–H groups in total. The van der Waals surface area contributed by atoms with Gasteiger partial charge in [0.25, 0.3) is 5.91 Å². The molecule has 0 spiro atoms. The van der Waals surface area contributed by atoms with Crippen LogP contribution in [-0.2, 0) is 4.79 Å². The molecule has 1 fully saturated rings. The van der Waals surface area contributed by atoms with Crippen molar-refractivity contribution in [2.45, 2.75) is 52.2 Å². The topological polar surface area (TPSA) is 113 Å². The summed E-state index contributed by atoms with van der Waals surface area (Å²) in [6.07, 6.45) is 5.03. The Labute approximate surface area is 218 Å². The maximum Gasteiger partial charge on any atom is 0.331 e. The van der Waals surface area contributed by atoms with E-state index in [0.29, 0.717) is 50.7 Å². The number of anilines is 3. The van der Waals surface area contributed by atoms with Crippen molar-refractivity contribution in [3.8, 4) is 5.75 Å². The Bertz CT molecular complexity index is 1470. The zero-order valence-electron chi connectivity index (χ0n) is 20.8. The van der Waals surface area contributed by atoms with Crippen molar-refractivity contribution in [2.75, 3.05) is 10.2 Å². The van der Waals surface area contributed by atoms with E-state index in [9.17, 15) is 14.4 Å². The predicted octanol–water partition coefficient (Wildman–Crippen LogP) is 5.51. The first kappa shape index (κ1) is 24.6. The number of nitrogens with zero attached hydrogens (tertiary/aromatic N) is 3. The molecule has 0 saturated heterocycles. The molecule has 3 aromatic rings. The average Bonchev–Trinajstić information content (AvgIpc) is 3.44. The number of amides is 4.